The van der Waals surface area contributed by atoms with Gasteiger partial charge in [0.25, 0.3) is 0 Å². The molecule has 0 radical (unpaired) electrons. The van der Waals surface area contributed by atoms with E-state index in [9.17, 15) is 15.0 Å². The average Bonchev–Trinajstić information content (AvgIpc) is 2.71. The van der Waals surface area contributed by atoms with Crippen LogP contribution in [0.1, 0.15) is 38.8 Å². The molecule has 0 saturated carbocycles. The monoisotopic (exact) mass is 424 g/mol. The van der Waals surface area contributed by atoms with Crippen LogP contribution >= 0.6 is 0 Å². The molecule has 1 aromatic heterocycles. The van der Waals surface area contributed by atoms with Gasteiger partial charge in [-0.15, -0.1) is 0 Å². The first-order valence-corrected chi connectivity index (χ1v) is 10.1. The highest BCUT2D eigenvalue weighted by Gasteiger charge is 2.23. The van der Waals surface area contributed by atoms with Crippen LogP contribution in [-0.2, 0) is 17.6 Å². The van der Waals surface area contributed by atoms with Crippen molar-refractivity contribution in [3.8, 4) is 17.2 Å². The Hall–Kier alpha value is -3.25. The maximum atomic E-state index is 13.3. The van der Waals surface area contributed by atoms with Crippen LogP contribution in [0.15, 0.2) is 50.7 Å². The van der Waals surface area contributed by atoms with Gasteiger partial charge in [-0.3, -0.25) is 4.79 Å². The Balaban J connectivity index is 2.37. The first-order valence-electron chi connectivity index (χ1n) is 10.1. The van der Waals surface area contributed by atoms with Crippen LogP contribution in [0, 0.1) is 0 Å². The third-order valence-electron chi connectivity index (χ3n) is 5.00. The molecule has 0 amide bonds. The fourth-order valence-electron chi connectivity index (χ4n) is 3.37. The number of phenolic OH excluding ortho intramolecular Hbond substituents is 2. The fraction of sp³-hybridized carbons (Fsp3) is 0.320. The van der Waals surface area contributed by atoms with Gasteiger partial charge in [0.1, 0.15) is 33.8 Å². The molecule has 0 saturated heterocycles. The Labute approximate surface area is 181 Å². The minimum atomic E-state index is -0.357. The third-order valence-corrected chi connectivity index (χ3v) is 5.00. The van der Waals surface area contributed by atoms with Crippen molar-refractivity contribution in [3.63, 3.8) is 0 Å². The minimum absolute atomic E-state index is 0.0600. The number of aromatic hydroxyl groups is 2. The highest BCUT2D eigenvalue weighted by Crippen LogP contribution is 2.41. The van der Waals surface area contributed by atoms with Crippen LogP contribution in [0.5, 0.6) is 17.2 Å². The molecular weight excluding hydrogens is 396 g/mol. The first kappa shape index (κ1) is 22.4. The molecule has 2 aromatic carbocycles. The quantitative estimate of drug-likeness (QED) is 0.302. The molecule has 0 bridgehead atoms. The molecule has 0 atom stereocenters. The third kappa shape index (κ3) is 4.59. The van der Waals surface area contributed by atoms with Crippen LogP contribution in [-0.4, -0.2) is 24.1 Å². The number of phenols is 2. The molecule has 164 valence electrons. The van der Waals surface area contributed by atoms with Gasteiger partial charge >= 0.3 is 0 Å². The minimum Gasteiger partial charge on any atom is -0.507 e. The summed E-state index contributed by atoms with van der Waals surface area (Å²) < 4.78 is 16.4. The number of allylic oxidation sites excluding steroid dienone is 4. The van der Waals surface area contributed by atoms with Gasteiger partial charge in [0.15, 0.2) is 6.79 Å². The summed E-state index contributed by atoms with van der Waals surface area (Å²) in [6, 6.07) is 4.85. The Morgan fingerprint density at radius 3 is 2.26 bits per heavy atom. The van der Waals surface area contributed by atoms with Gasteiger partial charge in [0.05, 0.1) is 5.39 Å². The Morgan fingerprint density at radius 2 is 1.65 bits per heavy atom. The summed E-state index contributed by atoms with van der Waals surface area (Å²) in [5.74, 6) is 0.173. The summed E-state index contributed by atoms with van der Waals surface area (Å²) in [6.45, 7) is 7.84. The Bertz CT molecular complexity index is 1240. The lowest BCUT2D eigenvalue weighted by molar-refractivity contribution is 0.0512. The van der Waals surface area contributed by atoms with Crippen molar-refractivity contribution in [2.45, 2.75) is 40.5 Å². The molecule has 0 fully saturated rings. The number of rotatable bonds is 7. The van der Waals surface area contributed by atoms with Crippen molar-refractivity contribution < 1.29 is 24.1 Å². The summed E-state index contributed by atoms with van der Waals surface area (Å²) in [5, 5.41) is 22.3. The largest absolute Gasteiger partial charge is 0.507 e. The van der Waals surface area contributed by atoms with Crippen LogP contribution in [0.25, 0.3) is 21.9 Å². The zero-order valence-electron chi connectivity index (χ0n) is 18.5. The molecule has 1 heterocycles. The van der Waals surface area contributed by atoms with E-state index in [1.54, 1.807) is 18.2 Å². The maximum Gasteiger partial charge on any atom is 0.204 e. The van der Waals surface area contributed by atoms with Gasteiger partial charge < -0.3 is 24.1 Å². The molecule has 0 aliphatic heterocycles. The lowest BCUT2D eigenvalue weighted by atomic mass is 9.96. The smallest absolute Gasteiger partial charge is 0.204 e. The Morgan fingerprint density at radius 1 is 1.00 bits per heavy atom. The van der Waals surface area contributed by atoms with E-state index in [0.29, 0.717) is 40.7 Å². The van der Waals surface area contributed by atoms with Crippen molar-refractivity contribution in [2.75, 3.05) is 13.9 Å². The zero-order chi connectivity index (χ0) is 22.7. The van der Waals surface area contributed by atoms with Crippen molar-refractivity contribution in [2.24, 2.45) is 0 Å². The van der Waals surface area contributed by atoms with Gasteiger partial charge in [-0.05, 0) is 52.7 Å². The van der Waals surface area contributed by atoms with Gasteiger partial charge in [-0.2, -0.15) is 0 Å². The van der Waals surface area contributed by atoms with E-state index in [4.69, 9.17) is 13.9 Å². The summed E-state index contributed by atoms with van der Waals surface area (Å²) in [7, 11) is 1.52. The van der Waals surface area contributed by atoms with Crippen LogP contribution in [0.3, 0.4) is 0 Å². The molecule has 31 heavy (non-hydrogen) atoms. The van der Waals surface area contributed by atoms with E-state index in [0.717, 1.165) is 11.1 Å². The van der Waals surface area contributed by atoms with Crippen LogP contribution in [0.4, 0.5) is 0 Å². The molecule has 3 aromatic rings. The molecule has 0 spiro atoms. The SMILES string of the molecule is COCOc1ccc2c(=O)c3c(O)c(CC=C(C)C)c(O)c(CC=C(C)C)c3oc2c1. The topological polar surface area (TPSA) is 89.1 Å². The molecule has 6 nitrogen and oxygen atoms in total. The van der Waals surface area contributed by atoms with Crippen molar-refractivity contribution in [1.29, 1.82) is 0 Å². The predicted octanol–water partition coefficient (Wildman–Crippen LogP) is 5.36. The summed E-state index contributed by atoms with van der Waals surface area (Å²) in [4.78, 5) is 13.3. The molecule has 0 unspecified atom stereocenters. The molecule has 6 heteroatoms. The van der Waals surface area contributed by atoms with Crippen LogP contribution < -0.4 is 10.2 Å². The second kappa shape index (κ2) is 9.27. The van der Waals surface area contributed by atoms with Gasteiger partial charge in [0.2, 0.25) is 5.43 Å². The lowest BCUT2D eigenvalue weighted by Gasteiger charge is -2.15. The van der Waals surface area contributed by atoms with Crippen molar-refractivity contribution in [1.82, 2.24) is 0 Å². The molecule has 2 N–H and O–H groups in total. The molecule has 0 aliphatic carbocycles. The summed E-state index contributed by atoms with van der Waals surface area (Å²) >= 11 is 0. The normalized spacial score (nSPS) is 11.0. The predicted molar refractivity (Wildman–Crippen MR) is 122 cm³/mol. The second-order valence-corrected chi connectivity index (χ2v) is 7.97. The van der Waals surface area contributed by atoms with Gasteiger partial charge in [-0.25, -0.2) is 0 Å². The summed E-state index contributed by atoms with van der Waals surface area (Å²) in [6.07, 6.45) is 4.51. The van der Waals surface area contributed by atoms with Crippen LogP contribution in [0.2, 0.25) is 0 Å². The van der Waals surface area contributed by atoms with E-state index < -0.39 is 0 Å². The first-order chi connectivity index (χ1) is 14.7. The maximum absolute atomic E-state index is 13.3. The number of benzene rings is 2. The summed E-state index contributed by atoms with van der Waals surface area (Å²) in [5.41, 5.74) is 3.01. The Kier molecular flexibility index (Phi) is 6.71. The molecule has 3 rings (SSSR count). The average molecular weight is 424 g/mol. The number of hydrogen-bond acceptors (Lipinski definition) is 6. The molecular formula is C25H28O6. The lowest BCUT2D eigenvalue weighted by Crippen LogP contribution is -2.07. The van der Waals surface area contributed by atoms with Gasteiger partial charge in [-0.1, -0.05) is 23.3 Å². The highest BCUT2D eigenvalue weighted by molar-refractivity contribution is 5.97. The van der Waals surface area contributed by atoms with Gasteiger partial charge in [0, 0.05) is 24.3 Å². The highest BCUT2D eigenvalue weighted by atomic mass is 16.7. The number of methoxy groups -OCH3 is 1. The molecule has 0 aliphatic rings. The van der Waals surface area contributed by atoms with Crippen molar-refractivity contribution >= 4 is 21.9 Å². The fourth-order valence-corrected chi connectivity index (χ4v) is 3.37. The van der Waals surface area contributed by atoms with E-state index in [-0.39, 0.29) is 34.7 Å². The number of fused-ring (bicyclic) bond motifs is 2. The zero-order valence-corrected chi connectivity index (χ0v) is 18.5. The van der Waals surface area contributed by atoms with E-state index in [1.165, 1.54) is 7.11 Å². The van der Waals surface area contributed by atoms with Crippen molar-refractivity contribution in [3.05, 3.63) is 62.8 Å². The number of ether oxygens (including phenoxy) is 2. The van der Waals surface area contributed by atoms with E-state index in [1.807, 2.05) is 39.8 Å². The number of hydrogen-bond donors (Lipinski definition) is 2. The standard InChI is InChI=1S/C25H28O6/c1-14(2)6-9-18-22(26)19(10-7-15(3)4)25-21(24(18)28)23(27)17-11-8-16(30-13-29-5)12-20(17)31-25/h6-8,11-12,26,28H,9-10,13H2,1-5H3. The second-order valence-electron chi connectivity index (χ2n) is 7.97. The van der Waals surface area contributed by atoms with E-state index >= 15 is 0 Å². The van der Waals surface area contributed by atoms with E-state index in [2.05, 4.69) is 0 Å².